The van der Waals surface area contributed by atoms with Crippen LogP contribution in [0.5, 0.6) is 0 Å². The molecule has 0 bridgehead atoms. The third kappa shape index (κ3) is 3.51. The Morgan fingerprint density at radius 1 is 1.21 bits per heavy atom. The van der Waals surface area contributed by atoms with E-state index in [-0.39, 0.29) is 16.9 Å². The summed E-state index contributed by atoms with van der Waals surface area (Å²) >= 11 is 5.80. The second-order valence-electron chi connectivity index (χ2n) is 4.29. The van der Waals surface area contributed by atoms with Gasteiger partial charge in [-0.15, -0.1) is 0 Å². The summed E-state index contributed by atoms with van der Waals surface area (Å²) in [4.78, 5) is 16.0. The van der Waals surface area contributed by atoms with Crippen LogP contribution in [0, 0.1) is 19.7 Å². The molecule has 0 aliphatic carbocycles. The molecule has 2 aromatic rings. The van der Waals surface area contributed by atoms with Crippen molar-refractivity contribution in [2.45, 2.75) is 13.8 Å². The van der Waals surface area contributed by atoms with Crippen molar-refractivity contribution >= 4 is 23.2 Å². The van der Waals surface area contributed by atoms with Crippen LogP contribution in [-0.4, -0.2) is 10.9 Å². The van der Waals surface area contributed by atoms with Crippen molar-refractivity contribution in [1.82, 2.24) is 4.98 Å². The lowest BCUT2D eigenvalue weighted by atomic mass is 10.2. The SMILES string of the molecule is Cc1cc(F)cc(NC(=O)c2cc(C)nc(Cl)c2)c1. The van der Waals surface area contributed by atoms with Gasteiger partial charge in [-0.05, 0) is 49.7 Å². The van der Waals surface area contributed by atoms with Crippen LogP contribution in [-0.2, 0) is 0 Å². The second kappa shape index (κ2) is 5.36. The number of hydrogen-bond donors (Lipinski definition) is 1. The molecule has 19 heavy (non-hydrogen) atoms. The molecule has 0 saturated carbocycles. The molecule has 1 aromatic heterocycles. The fourth-order valence-corrected chi connectivity index (χ4v) is 2.02. The molecule has 0 unspecified atom stereocenters. The Kier molecular flexibility index (Phi) is 3.81. The maximum Gasteiger partial charge on any atom is 0.255 e. The molecule has 5 heteroatoms. The zero-order chi connectivity index (χ0) is 14.0. The number of halogens is 2. The molecule has 0 aliphatic rings. The normalized spacial score (nSPS) is 10.3. The average molecular weight is 279 g/mol. The number of benzene rings is 1. The first-order chi connectivity index (χ1) is 8.94. The first kappa shape index (κ1) is 13.5. The van der Waals surface area contributed by atoms with Crippen LogP contribution in [0.4, 0.5) is 10.1 Å². The molecule has 1 amide bonds. The topological polar surface area (TPSA) is 42.0 Å². The molecule has 0 spiro atoms. The van der Waals surface area contributed by atoms with Crippen LogP contribution in [0.25, 0.3) is 0 Å². The van der Waals surface area contributed by atoms with Crippen LogP contribution in [0.15, 0.2) is 30.3 Å². The van der Waals surface area contributed by atoms with Gasteiger partial charge in [0.2, 0.25) is 0 Å². The summed E-state index contributed by atoms with van der Waals surface area (Å²) in [5.74, 6) is -0.739. The molecule has 0 saturated heterocycles. The fourth-order valence-electron chi connectivity index (χ4n) is 1.77. The fraction of sp³-hybridized carbons (Fsp3) is 0.143. The number of carbonyl (C=O) groups excluding carboxylic acids is 1. The maximum atomic E-state index is 13.2. The van der Waals surface area contributed by atoms with E-state index in [1.54, 1.807) is 26.0 Å². The quantitative estimate of drug-likeness (QED) is 0.850. The lowest BCUT2D eigenvalue weighted by Gasteiger charge is -2.07. The molecule has 0 aliphatic heterocycles. The smallest absolute Gasteiger partial charge is 0.255 e. The van der Waals surface area contributed by atoms with Crippen molar-refractivity contribution in [3.8, 4) is 0 Å². The Morgan fingerprint density at radius 2 is 1.95 bits per heavy atom. The number of anilines is 1. The number of carbonyl (C=O) groups is 1. The Bertz CT molecular complexity index is 603. The monoisotopic (exact) mass is 278 g/mol. The Balaban J connectivity index is 2.25. The van der Waals surface area contributed by atoms with Crippen molar-refractivity contribution in [2.24, 2.45) is 0 Å². The molecule has 98 valence electrons. The highest BCUT2D eigenvalue weighted by atomic mass is 35.5. The zero-order valence-electron chi connectivity index (χ0n) is 10.5. The van der Waals surface area contributed by atoms with Crippen molar-refractivity contribution in [2.75, 3.05) is 5.32 Å². The van der Waals surface area contributed by atoms with Gasteiger partial charge < -0.3 is 5.32 Å². The predicted molar refractivity (Wildman–Crippen MR) is 73.1 cm³/mol. The molecule has 1 aromatic carbocycles. The average Bonchev–Trinajstić information content (AvgIpc) is 2.25. The highest BCUT2D eigenvalue weighted by molar-refractivity contribution is 6.29. The van der Waals surface area contributed by atoms with Crippen LogP contribution < -0.4 is 5.32 Å². The Morgan fingerprint density at radius 3 is 2.58 bits per heavy atom. The summed E-state index contributed by atoms with van der Waals surface area (Å²) in [5.41, 5.74) is 2.18. The highest BCUT2D eigenvalue weighted by Crippen LogP contribution is 2.16. The van der Waals surface area contributed by atoms with E-state index < -0.39 is 0 Å². The van der Waals surface area contributed by atoms with Gasteiger partial charge in [-0.25, -0.2) is 9.37 Å². The molecule has 2 rings (SSSR count). The molecular formula is C14H12ClFN2O. The highest BCUT2D eigenvalue weighted by Gasteiger charge is 2.09. The van der Waals surface area contributed by atoms with Crippen LogP contribution in [0.1, 0.15) is 21.6 Å². The largest absolute Gasteiger partial charge is 0.322 e. The molecule has 0 fully saturated rings. The minimum absolute atomic E-state index is 0.251. The third-order valence-corrected chi connectivity index (χ3v) is 2.68. The maximum absolute atomic E-state index is 13.2. The molecule has 0 atom stereocenters. The van der Waals surface area contributed by atoms with Gasteiger partial charge in [-0.2, -0.15) is 0 Å². The van der Waals surface area contributed by atoms with E-state index in [1.807, 2.05) is 0 Å². The lowest BCUT2D eigenvalue weighted by molar-refractivity contribution is 0.102. The van der Waals surface area contributed by atoms with E-state index in [4.69, 9.17) is 11.6 Å². The van der Waals surface area contributed by atoms with E-state index in [1.165, 1.54) is 18.2 Å². The second-order valence-corrected chi connectivity index (χ2v) is 4.68. The molecule has 0 radical (unpaired) electrons. The van der Waals surface area contributed by atoms with Gasteiger partial charge in [0.05, 0.1) is 0 Å². The summed E-state index contributed by atoms with van der Waals surface area (Å²) < 4.78 is 13.2. The van der Waals surface area contributed by atoms with E-state index >= 15 is 0 Å². The van der Waals surface area contributed by atoms with Crippen molar-refractivity contribution in [1.29, 1.82) is 0 Å². The number of pyridine rings is 1. The minimum atomic E-state index is -0.390. The van der Waals surface area contributed by atoms with Crippen molar-refractivity contribution < 1.29 is 9.18 Å². The molecular weight excluding hydrogens is 267 g/mol. The van der Waals surface area contributed by atoms with E-state index in [0.717, 1.165) is 5.56 Å². The number of nitrogens with one attached hydrogen (secondary N) is 1. The first-order valence-electron chi connectivity index (χ1n) is 5.67. The summed E-state index contributed by atoms with van der Waals surface area (Å²) in [6, 6.07) is 7.43. The van der Waals surface area contributed by atoms with Gasteiger partial charge in [0, 0.05) is 16.9 Å². The van der Waals surface area contributed by atoms with Crippen molar-refractivity contribution in [3.05, 3.63) is 58.1 Å². The predicted octanol–water partition coefficient (Wildman–Crippen LogP) is 3.74. The molecule has 3 nitrogen and oxygen atoms in total. The van der Waals surface area contributed by atoms with Gasteiger partial charge >= 0.3 is 0 Å². The third-order valence-electron chi connectivity index (χ3n) is 2.48. The van der Waals surface area contributed by atoms with Gasteiger partial charge in [0.15, 0.2) is 0 Å². The standard InChI is InChI=1S/C14H12ClFN2O/c1-8-3-11(16)7-12(4-8)18-14(19)10-5-9(2)17-13(15)6-10/h3-7H,1-2H3,(H,18,19). The van der Waals surface area contributed by atoms with Gasteiger partial charge in [-0.1, -0.05) is 11.6 Å². The molecule has 1 heterocycles. The number of aryl methyl sites for hydroxylation is 2. The number of nitrogens with zero attached hydrogens (tertiary/aromatic N) is 1. The summed E-state index contributed by atoms with van der Waals surface area (Å²) in [7, 11) is 0. The number of amides is 1. The van der Waals surface area contributed by atoms with Crippen LogP contribution in [0.2, 0.25) is 5.15 Å². The zero-order valence-corrected chi connectivity index (χ0v) is 11.3. The van der Waals surface area contributed by atoms with Crippen LogP contribution in [0.3, 0.4) is 0 Å². The minimum Gasteiger partial charge on any atom is -0.322 e. The van der Waals surface area contributed by atoms with Gasteiger partial charge in [0.1, 0.15) is 11.0 Å². The molecule has 1 N–H and O–H groups in total. The van der Waals surface area contributed by atoms with E-state index in [2.05, 4.69) is 10.3 Å². The van der Waals surface area contributed by atoms with Crippen LogP contribution >= 0.6 is 11.6 Å². The summed E-state index contributed by atoms with van der Waals surface area (Å²) in [5, 5.41) is 2.88. The van der Waals surface area contributed by atoms with E-state index in [9.17, 15) is 9.18 Å². The van der Waals surface area contributed by atoms with E-state index in [0.29, 0.717) is 16.9 Å². The Hall–Kier alpha value is -1.94. The first-order valence-corrected chi connectivity index (χ1v) is 6.04. The van der Waals surface area contributed by atoms with Crippen molar-refractivity contribution in [3.63, 3.8) is 0 Å². The van der Waals surface area contributed by atoms with Gasteiger partial charge in [-0.3, -0.25) is 4.79 Å². The number of rotatable bonds is 2. The Labute approximate surface area is 115 Å². The number of aromatic nitrogens is 1. The lowest BCUT2D eigenvalue weighted by Crippen LogP contribution is -2.12. The van der Waals surface area contributed by atoms with Gasteiger partial charge in [0.25, 0.3) is 5.91 Å². The summed E-state index contributed by atoms with van der Waals surface area (Å²) in [6.07, 6.45) is 0. The number of hydrogen-bond acceptors (Lipinski definition) is 2. The summed E-state index contributed by atoms with van der Waals surface area (Å²) in [6.45, 7) is 3.50.